The number of benzene rings is 2. The summed E-state index contributed by atoms with van der Waals surface area (Å²) in [6.45, 7) is 12.4. The maximum atomic E-state index is 2.55. The van der Waals surface area contributed by atoms with E-state index in [2.05, 4.69) is 82.4 Å². The van der Waals surface area contributed by atoms with Crippen LogP contribution in [0.4, 0.5) is 0 Å². The highest BCUT2D eigenvalue weighted by molar-refractivity contribution is 6.82. The molecule has 0 heterocycles. The Morgan fingerprint density at radius 2 is 1.15 bits per heavy atom. The molecular weight excluding hydrogens is 256 g/mol. The predicted octanol–water partition coefficient (Wildman–Crippen LogP) is 5.85. The monoisotopic (exact) mass is 280 g/mol. The normalized spacial score (nSPS) is 15.1. The van der Waals surface area contributed by atoms with E-state index in [1.54, 1.807) is 11.1 Å². The van der Waals surface area contributed by atoms with E-state index in [1.165, 1.54) is 11.1 Å². The third kappa shape index (κ3) is 1.80. The molecule has 0 aromatic heterocycles. The molecule has 0 N–H and O–H groups in total. The van der Waals surface area contributed by atoms with Gasteiger partial charge >= 0.3 is 0 Å². The van der Waals surface area contributed by atoms with E-state index in [0.29, 0.717) is 10.6 Å². The van der Waals surface area contributed by atoms with Gasteiger partial charge in [-0.3, -0.25) is 0 Å². The van der Waals surface area contributed by atoms with Gasteiger partial charge in [-0.25, -0.2) is 0 Å². The Bertz CT molecular complexity index is 601. The van der Waals surface area contributed by atoms with Crippen molar-refractivity contribution in [1.82, 2.24) is 0 Å². The van der Waals surface area contributed by atoms with Gasteiger partial charge in [0.15, 0.2) is 0 Å². The number of hydrogen-bond acceptors (Lipinski definition) is 0. The molecule has 0 radical (unpaired) electrons. The number of rotatable bonds is 1. The lowest BCUT2D eigenvalue weighted by atomic mass is 10.1. The second-order valence-corrected chi connectivity index (χ2v) is 13.1. The molecule has 1 heteroatoms. The molecule has 0 saturated heterocycles. The molecule has 2 aromatic carbocycles. The van der Waals surface area contributed by atoms with Crippen molar-refractivity contribution in [2.45, 2.75) is 44.4 Å². The summed E-state index contributed by atoms with van der Waals surface area (Å²) in [4.78, 5) is 0. The Kier molecular flexibility index (Phi) is 2.95. The fourth-order valence-electron chi connectivity index (χ4n) is 3.37. The molecule has 1 aliphatic carbocycles. The third-order valence-corrected chi connectivity index (χ3v) is 11.4. The van der Waals surface area contributed by atoms with Crippen molar-refractivity contribution in [3.63, 3.8) is 0 Å². The minimum atomic E-state index is -1.47. The minimum Gasteiger partial charge on any atom is -0.0682 e. The van der Waals surface area contributed by atoms with Crippen LogP contribution < -0.4 is 0 Å². The Labute approximate surface area is 123 Å². The molecule has 0 amide bonds. The lowest BCUT2D eigenvalue weighted by molar-refractivity contribution is 0.703. The molecule has 1 aliphatic rings. The predicted molar refractivity (Wildman–Crippen MR) is 90.9 cm³/mol. The number of hydrogen-bond donors (Lipinski definition) is 0. The van der Waals surface area contributed by atoms with Gasteiger partial charge in [-0.1, -0.05) is 82.4 Å². The highest BCUT2D eigenvalue weighted by atomic mass is 28.3. The zero-order chi connectivity index (χ0) is 14.5. The SMILES string of the molecule is CC(C)(C)[Si](C)(C)C1c2ccccc2-c2ccccc21. The van der Waals surface area contributed by atoms with Crippen LogP contribution in [0.15, 0.2) is 48.5 Å². The first kappa shape index (κ1) is 13.6. The number of fused-ring (bicyclic) bond motifs is 3. The highest BCUT2D eigenvalue weighted by Crippen LogP contribution is 2.54. The van der Waals surface area contributed by atoms with E-state index < -0.39 is 8.07 Å². The van der Waals surface area contributed by atoms with Gasteiger partial charge in [-0.2, -0.15) is 0 Å². The first-order valence-electron chi connectivity index (χ1n) is 7.52. The highest BCUT2D eigenvalue weighted by Gasteiger charge is 2.47. The van der Waals surface area contributed by atoms with E-state index >= 15 is 0 Å². The van der Waals surface area contributed by atoms with E-state index in [9.17, 15) is 0 Å². The largest absolute Gasteiger partial charge is 0.0682 e. The Morgan fingerprint density at radius 1 is 0.750 bits per heavy atom. The Morgan fingerprint density at radius 3 is 1.55 bits per heavy atom. The van der Waals surface area contributed by atoms with Crippen LogP contribution in [0.5, 0.6) is 0 Å². The summed E-state index contributed by atoms with van der Waals surface area (Å²) in [5.74, 6) is 0. The van der Waals surface area contributed by atoms with Crippen molar-refractivity contribution < 1.29 is 0 Å². The van der Waals surface area contributed by atoms with Crippen molar-refractivity contribution in [1.29, 1.82) is 0 Å². The van der Waals surface area contributed by atoms with E-state index in [1.807, 2.05) is 0 Å². The fourth-order valence-corrected chi connectivity index (χ4v) is 6.29. The molecule has 0 nitrogen and oxygen atoms in total. The molecule has 0 fully saturated rings. The molecule has 104 valence electrons. The molecule has 0 aliphatic heterocycles. The second-order valence-electron chi connectivity index (χ2n) is 7.58. The van der Waals surface area contributed by atoms with Gasteiger partial charge in [-0.15, -0.1) is 0 Å². The minimum absolute atomic E-state index is 0.391. The van der Waals surface area contributed by atoms with Gasteiger partial charge in [0.25, 0.3) is 0 Å². The van der Waals surface area contributed by atoms with Crippen LogP contribution in [0.25, 0.3) is 11.1 Å². The van der Waals surface area contributed by atoms with Crippen LogP contribution in [0.3, 0.4) is 0 Å². The zero-order valence-electron chi connectivity index (χ0n) is 13.2. The summed E-state index contributed by atoms with van der Waals surface area (Å²) >= 11 is 0. The van der Waals surface area contributed by atoms with Crippen LogP contribution in [0.1, 0.15) is 37.4 Å². The molecule has 0 unspecified atom stereocenters. The zero-order valence-corrected chi connectivity index (χ0v) is 14.2. The molecule has 0 saturated carbocycles. The van der Waals surface area contributed by atoms with Crippen molar-refractivity contribution in [2.75, 3.05) is 0 Å². The first-order chi connectivity index (χ1) is 9.34. The van der Waals surface area contributed by atoms with Crippen LogP contribution in [0.2, 0.25) is 18.1 Å². The quantitative estimate of drug-likeness (QED) is 0.575. The van der Waals surface area contributed by atoms with Gasteiger partial charge < -0.3 is 0 Å². The maximum Gasteiger partial charge on any atom is 0.0657 e. The van der Waals surface area contributed by atoms with Crippen LogP contribution in [-0.2, 0) is 0 Å². The van der Waals surface area contributed by atoms with Crippen LogP contribution >= 0.6 is 0 Å². The average Bonchev–Trinajstić information content (AvgIpc) is 2.72. The average molecular weight is 280 g/mol. The molecular formula is C19H24Si. The summed E-state index contributed by atoms with van der Waals surface area (Å²) in [5, 5.41) is 0.391. The van der Waals surface area contributed by atoms with Crippen molar-refractivity contribution >= 4 is 8.07 Å². The Balaban J connectivity index is 2.27. The fraction of sp³-hybridized carbons (Fsp3) is 0.368. The second kappa shape index (κ2) is 4.32. The summed E-state index contributed by atoms with van der Waals surface area (Å²) in [6.07, 6.45) is 0. The molecule has 0 spiro atoms. The van der Waals surface area contributed by atoms with E-state index in [-0.39, 0.29) is 0 Å². The topological polar surface area (TPSA) is 0 Å². The molecule has 0 bridgehead atoms. The van der Waals surface area contributed by atoms with Gasteiger partial charge in [0.2, 0.25) is 0 Å². The first-order valence-corrected chi connectivity index (χ1v) is 10.6. The smallest absolute Gasteiger partial charge is 0.0657 e. The molecule has 3 rings (SSSR count). The Hall–Kier alpha value is -1.34. The van der Waals surface area contributed by atoms with E-state index in [0.717, 1.165) is 0 Å². The van der Waals surface area contributed by atoms with Crippen LogP contribution in [0, 0.1) is 0 Å². The van der Waals surface area contributed by atoms with Gasteiger partial charge in [0.05, 0.1) is 8.07 Å². The maximum absolute atomic E-state index is 2.55. The molecule has 2 aromatic rings. The van der Waals surface area contributed by atoms with Gasteiger partial charge in [0, 0.05) is 5.54 Å². The standard InChI is InChI=1S/C19H24Si/c1-19(2,3)20(4,5)18-16-12-8-6-10-14(16)15-11-7-9-13-17(15)18/h6-13,18H,1-5H3. The van der Waals surface area contributed by atoms with Crippen molar-refractivity contribution in [2.24, 2.45) is 0 Å². The summed E-state index contributed by atoms with van der Waals surface area (Å²) < 4.78 is 0. The lowest BCUT2D eigenvalue weighted by Gasteiger charge is -2.42. The lowest BCUT2D eigenvalue weighted by Crippen LogP contribution is -2.43. The van der Waals surface area contributed by atoms with Crippen molar-refractivity contribution in [3.8, 4) is 11.1 Å². The summed E-state index contributed by atoms with van der Waals surface area (Å²) in [5.41, 5.74) is 6.64. The van der Waals surface area contributed by atoms with E-state index in [4.69, 9.17) is 0 Å². The van der Waals surface area contributed by atoms with Crippen molar-refractivity contribution in [3.05, 3.63) is 59.7 Å². The van der Waals surface area contributed by atoms with Gasteiger partial charge in [0.1, 0.15) is 0 Å². The summed E-state index contributed by atoms with van der Waals surface area (Å²) in [7, 11) is -1.47. The molecule has 20 heavy (non-hydrogen) atoms. The molecule has 0 atom stereocenters. The van der Waals surface area contributed by atoms with Crippen LogP contribution in [-0.4, -0.2) is 8.07 Å². The third-order valence-electron chi connectivity index (χ3n) is 5.49. The summed E-state index contributed by atoms with van der Waals surface area (Å²) in [6, 6.07) is 18.0. The van der Waals surface area contributed by atoms with Gasteiger partial charge in [-0.05, 0) is 27.3 Å².